The number of rotatable bonds is 9. The van der Waals surface area contributed by atoms with Crippen LogP contribution in [0, 0.1) is 0 Å². The van der Waals surface area contributed by atoms with Gasteiger partial charge in [0.2, 0.25) is 5.91 Å². The summed E-state index contributed by atoms with van der Waals surface area (Å²) < 4.78 is 13.2. The van der Waals surface area contributed by atoms with Crippen LogP contribution in [0.3, 0.4) is 0 Å². The fourth-order valence-corrected chi connectivity index (χ4v) is 5.51. The predicted molar refractivity (Wildman–Crippen MR) is 157 cm³/mol. The Labute approximate surface area is 231 Å². The standard InChI is InChI=1S/C33H37N3O3/c1-34-24-29(27-13-7-8-14-30(27)34)28(26-15-16-31(38-2)32(22-26)39-3)23-33(37)36-20-18-35(19-21-36)17-9-12-25-10-5-4-6-11-25/h4-16,22,24,28H,17-21,23H2,1-3H3/b12-9+/t28-/m1/s1. The minimum atomic E-state index is -0.102. The van der Waals surface area contributed by atoms with Gasteiger partial charge in [0.1, 0.15) is 0 Å². The number of carbonyl (C=O) groups is 1. The molecule has 1 atom stereocenters. The summed E-state index contributed by atoms with van der Waals surface area (Å²) in [5.41, 5.74) is 4.56. The van der Waals surface area contributed by atoms with Crippen molar-refractivity contribution in [1.82, 2.24) is 14.4 Å². The van der Waals surface area contributed by atoms with Crippen molar-refractivity contribution in [3.63, 3.8) is 0 Å². The normalized spacial score (nSPS) is 15.1. The quantitative estimate of drug-likeness (QED) is 0.288. The van der Waals surface area contributed by atoms with E-state index in [1.807, 2.05) is 23.1 Å². The predicted octanol–water partition coefficient (Wildman–Crippen LogP) is 5.58. The lowest BCUT2D eigenvalue weighted by molar-refractivity contribution is -0.133. The molecule has 6 heteroatoms. The molecule has 4 aromatic rings. The molecule has 0 unspecified atom stereocenters. The molecule has 1 aromatic heterocycles. The second kappa shape index (κ2) is 12.2. The number of nitrogens with zero attached hydrogens (tertiary/aromatic N) is 3. The van der Waals surface area contributed by atoms with Gasteiger partial charge in [-0.05, 0) is 34.9 Å². The first-order valence-electron chi connectivity index (χ1n) is 13.5. The van der Waals surface area contributed by atoms with Gasteiger partial charge in [-0.25, -0.2) is 0 Å². The van der Waals surface area contributed by atoms with E-state index >= 15 is 0 Å². The molecule has 0 bridgehead atoms. The van der Waals surface area contributed by atoms with Gasteiger partial charge in [-0.2, -0.15) is 0 Å². The SMILES string of the molecule is COc1ccc([C@@H](CC(=O)N2CCN(C/C=C/c3ccccc3)CC2)c2cn(C)c3ccccc23)cc1OC. The number of benzene rings is 3. The van der Waals surface area contributed by atoms with Crippen molar-refractivity contribution in [3.05, 3.63) is 102 Å². The first kappa shape index (κ1) is 26.6. The maximum absolute atomic E-state index is 13.7. The topological polar surface area (TPSA) is 46.9 Å². The van der Waals surface area contributed by atoms with E-state index in [1.165, 1.54) is 10.9 Å². The summed E-state index contributed by atoms with van der Waals surface area (Å²) in [6.07, 6.45) is 6.93. The number of methoxy groups -OCH3 is 2. The molecule has 0 saturated carbocycles. The Morgan fingerprint density at radius 1 is 0.897 bits per heavy atom. The van der Waals surface area contributed by atoms with E-state index in [4.69, 9.17) is 9.47 Å². The van der Waals surface area contributed by atoms with Crippen LogP contribution in [-0.2, 0) is 11.8 Å². The van der Waals surface area contributed by atoms with Crippen molar-refractivity contribution in [2.75, 3.05) is 46.9 Å². The number of hydrogen-bond donors (Lipinski definition) is 0. The van der Waals surface area contributed by atoms with Gasteiger partial charge < -0.3 is 18.9 Å². The molecule has 1 saturated heterocycles. The highest BCUT2D eigenvalue weighted by Gasteiger charge is 2.27. The zero-order valence-electron chi connectivity index (χ0n) is 23.0. The number of aryl methyl sites for hydroxylation is 1. The van der Waals surface area contributed by atoms with Crippen LogP contribution in [0.5, 0.6) is 11.5 Å². The Bertz CT molecular complexity index is 1440. The van der Waals surface area contributed by atoms with Crippen LogP contribution >= 0.6 is 0 Å². The van der Waals surface area contributed by atoms with Gasteiger partial charge in [-0.3, -0.25) is 9.69 Å². The minimum absolute atomic E-state index is 0.102. The molecule has 3 aromatic carbocycles. The third kappa shape index (κ3) is 6.02. The molecule has 1 amide bonds. The fraction of sp³-hybridized carbons (Fsp3) is 0.303. The molecule has 39 heavy (non-hydrogen) atoms. The van der Waals surface area contributed by atoms with Crippen LogP contribution in [0.2, 0.25) is 0 Å². The highest BCUT2D eigenvalue weighted by atomic mass is 16.5. The van der Waals surface area contributed by atoms with Crippen LogP contribution in [0.15, 0.2) is 85.1 Å². The molecule has 1 aliphatic rings. The molecule has 1 fully saturated rings. The van der Waals surface area contributed by atoms with E-state index in [1.54, 1.807) is 14.2 Å². The highest BCUT2D eigenvalue weighted by Crippen LogP contribution is 2.38. The molecule has 0 N–H and O–H groups in total. The molecule has 0 spiro atoms. The van der Waals surface area contributed by atoms with Gasteiger partial charge in [0.25, 0.3) is 0 Å². The van der Waals surface area contributed by atoms with E-state index in [9.17, 15) is 4.79 Å². The van der Waals surface area contributed by atoms with Crippen molar-refractivity contribution >= 4 is 22.9 Å². The lowest BCUT2D eigenvalue weighted by Gasteiger charge is -2.35. The molecular weight excluding hydrogens is 486 g/mol. The molecule has 0 radical (unpaired) electrons. The summed E-state index contributed by atoms with van der Waals surface area (Å²) in [5.74, 6) is 1.43. The number of aromatic nitrogens is 1. The molecule has 0 aliphatic carbocycles. The number of carbonyl (C=O) groups excluding carboxylic acids is 1. The summed E-state index contributed by atoms with van der Waals surface area (Å²) in [5, 5.41) is 1.17. The van der Waals surface area contributed by atoms with Crippen LogP contribution in [0.1, 0.15) is 29.0 Å². The lowest BCUT2D eigenvalue weighted by atomic mass is 9.87. The van der Waals surface area contributed by atoms with Gasteiger partial charge >= 0.3 is 0 Å². The third-order valence-corrected chi connectivity index (χ3v) is 7.69. The van der Waals surface area contributed by atoms with E-state index in [0.717, 1.165) is 49.4 Å². The highest BCUT2D eigenvalue weighted by molar-refractivity contribution is 5.86. The number of fused-ring (bicyclic) bond motifs is 1. The molecule has 202 valence electrons. The summed E-state index contributed by atoms with van der Waals surface area (Å²) in [7, 11) is 5.35. The van der Waals surface area contributed by atoms with Gasteiger partial charge in [0, 0.05) is 69.2 Å². The zero-order chi connectivity index (χ0) is 27.2. The molecular formula is C33H37N3O3. The first-order valence-corrected chi connectivity index (χ1v) is 13.5. The Morgan fingerprint density at radius 3 is 2.36 bits per heavy atom. The fourth-order valence-electron chi connectivity index (χ4n) is 5.51. The summed E-state index contributed by atoms with van der Waals surface area (Å²) in [6.45, 7) is 4.12. The van der Waals surface area contributed by atoms with Crippen LogP contribution in [0.25, 0.3) is 17.0 Å². The average molecular weight is 524 g/mol. The van der Waals surface area contributed by atoms with E-state index in [0.29, 0.717) is 17.9 Å². The van der Waals surface area contributed by atoms with Crippen molar-refractivity contribution in [2.24, 2.45) is 7.05 Å². The number of hydrogen-bond acceptors (Lipinski definition) is 4. The first-order chi connectivity index (χ1) is 19.1. The third-order valence-electron chi connectivity index (χ3n) is 7.69. The Kier molecular flexibility index (Phi) is 8.33. The number of para-hydroxylation sites is 1. The Balaban J connectivity index is 1.32. The smallest absolute Gasteiger partial charge is 0.223 e. The Hall–Kier alpha value is -4.03. The maximum atomic E-state index is 13.7. The van der Waals surface area contributed by atoms with Crippen LogP contribution < -0.4 is 9.47 Å². The number of ether oxygens (including phenoxy) is 2. The van der Waals surface area contributed by atoms with E-state index in [-0.39, 0.29) is 11.8 Å². The van der Waals surface area contributed by atoms with Gasteiger partial charge in [-0.15, -0.1) is 0 Å². The second-order valence-corrected chi connectivity index (χ2v) is 10.1. The Morgan fingerprint density at radius 2 is 1.62 bits per heavy atom. The van der Waals surface area contributed by atoms with Gasteiger partial charge in [-0.1, -0.05) is 66.7 Å². The molecule has 5 rings (SSSR count). The van der Waals surface area contributed by atoms with Crippen LogP contribution in [0.4, 0.5) is 0 Å². The summed E-state index contributed by atoms with van der Waals surface area (Å²) >= 11 is 0. The van der Waals surface area contributed by atoms with Gasteiger partial charge in [0.05, 0.1) is 14.2 Å². The average Bonchev–Trinajstić information content (AvgIpc) is 3.32. The van der Waals surface area contributed by atoms with Gasteiger partial charge in [0.15, 0.2) is 11.5 Å². The summed E-state index contributed by atoms with van der Waals surface area (Å²) in [4.78, 5) is 18.1. The van der Waals surface area contributed by atoms with Crippen molar-refractivity contribution in [2.45, 2.75) is 12.3 Å². The number of piperazine rings is 1. The minimum Gasteiger partial charge on any atom is -0.493 e. The largest absolute Gasteiger partial charge is 0.493 e. The maximum Gasteiger partial charge on any atom is 0.223 e. The molecule has 1 aliphatic heterocycles. The second-order valence-electron chi connectivity index (χ2n) is 10.1. The summed E-state index contributed by atoms with van der Waals surface area (Å²) in [6, 6.07) is 24.7. The van der Waals surface area contributed by atoms with E-state index in [2.05, 4.69) is 89.5 Å². The van der Waals surface area contributed by atoms with Crippen molar-refractivity contribution in [3.8, 4) is 11.5 Å². The monoisotopic (exact) mass is 523 g/mol. The van der Waals surface area contributed by atoms with E-state index < -0.39 is 0 Å². The lowest BCUT2D eigenvalue weighted by Crippen LogP contribution is -2.48. The van der Waals surface area contributed by atoms with Crippen molar-refractivity contribution in [1.29, 1.82) is 0 Å². The molecule has 2 heterocycles. The zero-order valence-corrected chi connectivity index (χ0v) is 23.0. The van der Waals surface area contributed by atoms with Crippen molar-refractivity contribution < 1.29 is 14.3 Å². The van der Waals surface area contributed by atoms with Crippen LogP contribution in [-0.4, -0.2) is 67.2 Å². The number of amides is 1. The molecule has 6 nitrogen and oxygen atoms in total.